The number of pyridine rings is 3. The Labute approximate surface area is 736 Å². The molecule has 6 aliphatic rings. The predicted octanol–water partition coefficient (Wildman–Crippen LogP) is 13.3. The lowest BCUT2D eigenvalue weighted by atomic mass is 9.92. The number of hydrogen-bond acceptors (Lipinski definition) is 24. The van der Waals surface area contributed by atoms with E-state index in [4.69, 9.17) is 31.5 Å². The first-order valence-corrected chi connectivity index (χ1v) is 43.3. The van der Waals surface area contributed by atoms with E-state index in [1.54, 1.807) is 67.5 Å². The van der Waals surface area contributed by atoms with Gasteiger partial charge in [0, 0.05) is 73.1 Å². The summed E-state index contributed by atoms with van der Waals surface area (Å²) < 4.78 is 236. The van der Waals surface area contributed by atoms with Gasteiger partial charge in [0.05, 0.1) is 136 Å². The molecule has 15 rings (SSSR count). The van der Waals surface area contributed by atoms with E-state index in [1.165, 1.54) is 49.8 Å². The number of carbonyl (C=O) groups excluding carboxylic acids is 2. The fourth-order valence-corrected chi connectivity index (χ4v) is 19.5. The van der Waals surface area contributed by atoms with Crippen LogP contribution in [0.25, 0.3) is 33.8 Å². The minimum atomic E-state index is -6.81. The molecule has 2 N–H and O–H groups in total. The molecule has 0 spiro atoms. The lowest BCUT2D eigenvalue weighted by Crippen LogP contribution is -2.50. The largest absolute Gasteiger partial charge is 0.534 e. The second-order valence-electron chi connectivity index (χ2n) is 30.7. The molecule has 45 heteroatoms. The molecule has 4 aromatic carbocycles. The SMILES string of the molecule is C#Cc1cncn1C.CCOC(=O)c1cn2c(cc1=O)-c1cc(OC)c(O)c(Br)c1[C@H]1CCC(C)(C)N12.CCOC(=O)c1cn2c(cc1=O)-c1cc(OC)c(OS(=O)(=O)C(F)(F)F)cc1[C@H]1CCC(C)(C)N12.COc1cc2c(cc1C#Cc1cncn1C)[C@H]1CCC(C)(C)N1n1cc(C(=O)O)c(=O)cc1-2.O=S(=O)(N(c1ccccc1)S(=O)(=O)C(F)(F)F)C(F)(F)F.[2H]CF. The van der Waals surface area contributed by atoms with Crippen LogP contribution in [-0.4, -0.2) is 161 Å². The zero-order chi connectivity index (χ0) is 95.9. The minimum Gasteiger partial charge on any atom is -0.503 e. The Hall–Kier alpha value is -12.5. The quantitative estimate of drug-likeness (QED) is 0.0356. The number of hydrogen-bond donors (Lipinski definition) is 2. The third kappa shape index (κ3) is 18.5. The van der Waals surface area contributed by atoms with Gasteiger partial charge in [-0.05, 0) is 169 Å². The Kier molecular flexibility index (Phi) is 27.6. The molecule has 3 saturated heterocycles. The van der Waals surface area contributed by atoms with E-state index < -0.39 is 115 Å². The molecule has 0 aliphatic carbocycles. The van der Waals surface area contributed by atoms with Gasteiger partial charge in [-0.15, -0.1) is 10.1 Å². The van der Waals surface area contributed by atoms with Gasteiger partial charge in [0.1, 0.15) is 33.8 Å². The number of halogens is 11. The van der Waals surface area contributed by atoms with Crippen LogP contribution in [0.2, 0.25) is 0 Å². The molecule has 5 aromatic heterocycles. The summed E-state index contributed by atoms with van der Waals surface area (Å²) in [6.07, 6.45) is 21.1. The highest BCUT2D eigenvalue weighted by Crippen LogP contribution is 2.56. The summed E-state index contributed by atoms with van der Waals surface area (Å²) in [6, 6.07) is 15.7. The number of carbonyl (C=O) groups is 3. The highest BCUT2D eigenvalue weighted by Gasteiger charge is 2.62. The second kappa shape index (κ2) is 36.7. The van der Waals surface area contributed by atoms with E-state index in [2.05, 4.69) is 85.6 Å². The van der Waals surface area contributed by atoms with Gasteiger partial charge < -0.3 is 47.2 Å². The number of esters is 2. The Balaban J connectivity index is 0.000000174. The minimum absolute atomic E-state index is 0.00492. The number of imidazole rings is 2. The smallest absolute Gasteiger partial charge is 0.503 e. The summed E-state index contributed by atoms with van der Waals surface area (Å²) in [4.78, 5) is 82.5. The number of alkyl halides is 10. The molecule has 3 fully saturated rings. The van der Waals surface area contributed by atoms with Crippen molar-refractivity contribution in [2.45, 2.75) is 145 Å². The van der Waals surface area contributed by atoms with Crippen molar-refractivity contribution in [2.75, 3.05) is 60.4 Å². The summed E-state index contributed by atoms with van der Waals surface area (Å²) >= 11 is 3.54. The average molecular weight is 1920 g/mol. The number of aromatic nitrogens is 7. The maximum atomic E-state index is 13.0. The van der Waals surface area contributed by atoms with E-state index in [-0.39, 0.29) is 64.6 Å². The van der Waals surface area contributed by atoms with Crippen LogP contribution in [0.15, 0.2) is 141 Å². The van der Waals surface area contributed by atoms with Gasteiger partial charge in [-0.25, -0.2) is 24.4 Å². The summed E-state index contributed by atoms with van der Waals surface area (Å²) in [6.45, 7) is 16.0. The molecule has 31 nitrogen and oxygen atoms in total. The van der Waals surface area contributed by atoms with Crippen molar-refractivity contribution in [3.63, 3.8) is 0 Å². The lowest BCUT2D eigenvalue weighted by Gasteiger charge is -2.45. The Bertz CT molecular complexity index is 6500. The fraction of sp³-hybridized carbons (Fsp3) is 0.373. The molecular formula is C83H84BrF10N11O20S3. The monoisotopic (exact) mass is 1920 g/mol. The molecule has 686 valence electrons. The molecule has 0 bridgehead atoms. The van der Waals surface area contributed by atoms with E-state index in [0.29, 0.717) is 69.2 Å². The average Bonchev–Trinajstić information content (AvgIpc) is 1.68. The maximum Gasteiger partial charge on any atom is 0.534 e. The first-order valence-electron chi connectivity index (χ1n) is 38.9. The molecule has 0 unspecified atom stereocenters. The second-order valence-corrected chi connectivity index (χ2v) is 36.9. The van der Waals surface area contributed by atoms with Gasteiger partial charge in [0.25, 0.3) is 0 Å². The molecular weight excluding hydrogens is 1840 g/mol. The third-order valence-electron chi connectivity index (χ3n) is 21.5. The number of anilines is 1. The van der Waals surface area contributed by atoms with Crippen LogP contribution >= 0.6 is 15.9 Å². The zero-order valence-electron chi connectivity index (χ0n) is 71.3. The van der Waals surface area contributed by atoms with Crippen LogP contribution < -0.4 is 53.4 Å². The Morgan fingerprint density at radius 3 is 1.38 bits per heavy atom. The van der Waals surface area contributed by atoms with Crippen molar-refractivity contribution < 1.29 is 123 Å². The number of phenolic OH excluding ortho intramolecular Hbond substituents is 1. The number of sulfonamides is 2. The van der Waals surface area contributed by atoms with E-state index in [0.717, 1.165) is 90.2 Å². The Morgan fingerprint density at radius 2 is 0.977 bits per heavy atom. The number of terminal acetylenes is 1. The van der Waals surface area contributed by atoms with E-state index in [9.17, 15) is 108 Å². The van der Waals surface area contributed by atoms with Crippen LogP contribution in [0.4, 0.5) is 49.6 Å². The Morgan fingerprint density at radius 1 is 0.578 bits per heavy atom. The number of para-hydroxylation sites is 1. The summed E-state index contributed by atoms with van der Waals surface area (Å²) in [5, 5.41) is 26.4. The van der Waals surface area contributed by atoms with Crippen molar-refractivity contribution in [2.24, 2.45) is 14.1 Å². The van der Waals surface area contributed by atoms with Crippen LogP contribution in [0.1, 0.15) is 178 Å². The molecule has 3 atom stereocenters. The number of carboxylic acids is 1. The number of benzene rings is 4. The van der Waals surface area contributed by atoms with E-state index >= 15 is 0 Å². The number of ether oxygens (including phenoxy) is 5. The molecule has 0 radical (unpaired) electrons. The van der Waals surface area contributed by atoms with Crippen LogP contribution in [-0.2, 0) is 53.7 Å². The fourth-order valence-electron chi connectivity index (χ4n) is 15.6. The van der Waals surface area contributed by atoms with Crippen LogP contribution in [0.3, 0.4) is 0 Å². The molecule has 0 saturated carbocycles. The van der Waals surface area contributed by atoms with Crippen molar-refractivity contribution in [3.05, 3.63) is 208 Å². The number of rotatable bonds is 13. The number of aromatic hydroxyl groups is 1. The predicted molar refractivity (Wildman–Crippen MR) is 451 cm³/mol. The normalized spacial score (nSPS) is 16.7. The molecule has 128 heavy (non-hydrogen) atoms. The summed E-state index contributed by atoms with van der Waals surface area (Å²) in [5.41, 5.74) is -13.7. The number of phenols is 1. The van der Waals surface area contributed by atoms with Gasteiger partial charge >= 0.3 is 64.6 Å². The van der Waals surface area contributed by atoms with Gasteiger partial charge in [0.2, 0.25) is 0 Å². The first-order chi connectivity index (χ1) is 60.1. The third-order valence-corrected chi connectivity index (χ3v) is 26.9. The topological polar surface area (TPSA) is 364 Å². The summed E-state index contributed by atoms with van der Waals surface area (Å²) in [5.74, 6) is 6.27. The molecule has 9 aromatic rings. The standard InChI is InChI=1S/C25H24N4O4.C22H23F3N2O7S.C21H23BrN2O5.C8H5F6NO4S2.C6H6N2.CH3F/c1-25(2)8-7-20-17-9-15(5-6-16-12-26-14-27(16)3)23(33-4)10-18(17)21-11-22(30)19(24(31)32)13-28(21)29(20)25;1-5-33-20(29)14-11-26-16(10-17(14)28)13-8-18(32-4)19(34-35(30,31)22(23,24)25)9-12(13)15-6-7-21(2,3)27(15)26;1-5-29-20(27)12-10-23-14(9-15(12)25)11-8-16(28-4)19(26)18(22)17(11)13-6-7-21(2,3)24(13)23;9-7(10,11)20(16,17)15(6-4-2-1-3-5-6)21(18,19)8(12,13)14;1-3-6-4-7-5-8(6)2;1-2/h9-14,20H,7-8H2,1-4H3,(H,31,32);8-11,15H,5-7H2,1-4H3;8-10,13,26H,5-7H2,1-4H3;1-5H;1,4-5H,2H3;1H3/t20-;15-;13-;;;/m111.../s1/i;;;;;1D. The van der Waals surface area contributed by atoms with E-state index in [1.807, 2.05) is 59.0 Å². The van der Waals surface area contributed by atoms with Crippen LogP contribution in [0, 0.1) is 24.2 Å². The number of fused-ring (bicyclic) bond motifs is 18. The molecule has 6 aliphatic heterocycles. The number of aromatic carboxylic acids is 1. The lowest BCUT2D eigenvalue weighted by molar-refractivity contribution is -0.0502. The van der Waals surface area contributed by atoms with Crippen molar-refractivity contribution in [3.8, 4) is 86.7 Å². The van der Waals surface area contributed by atoms with Crippen molar-refractivity contribution in [1.82, 2.24) is 33.1 Å². The van der Waals surface area contributed by atoms with Gasteiger partial charge in [-0.1, -0.05) is 30.0 Å². The highest BCUT2D eigenvalue weighted by molar-refractivity contribution is 9.10. The number of methoxy groups -OCH3 is 3. The maximum absolute atomic E-state index is 13.0. The highest BCUT2D eigenvalue weighted by atomic mass is 79.9. The van der Waals surface area contributed by atoms with Crippen LogP contribution in [0.5, 0.6) is 28.7 Å². The van der Waals surface area contributed by atoms with Gasteiger partial charge in [0.15, 0.2) is 39.3 Å². The zero-order valence-corrected chi connectivity index (χ0v) is 74.3. The first kappa shape index (κ1) is 96.2. The number of carboxylic acid groups (broad SMARTS) is 1. The van der Waals surface area contributed by atoms with Crippen molar-refractivity contribution >= 4 is 69.7 Å². The summed E-state index contributed by atoms with van der Waals surface area (Å²) in [7, 11) is -12.6. The molecule has 11 heterocycles. The number of nitrogens with zero attached hydrogens (tertiary/aromatic N) is 11. The number of aryl methyl sites for hydroxylation is 2. The van der Waals surface area contributed by atoms with Gasteiger partial charge in [-0.3, -0.25) is 47.8 Å². The van der Waals surface area contributed by atoms with Crippen molar-refractivity contribution in [1.29, 1.82) is 0 Å². The molecule has 0 amide bonds. The van der Waals surface area contributed by atoms with Gasteiger partial charge in [-0.2, -0.15) is 64.8 Å².